The van der Waals surface area contributed by atoms with Crippen molar-refractivity contribution in [2.75, 3.05) is 13.7 Å². The van der Waals surface area contributed by atoms with E-state index in [-0.39, 0.29) is 11.7 Å². The van der Waals surface area contributed by atoms with Crippen LogP contribution in [-0.2, 0) is 4.74 Å². The van der Waals surface area contributed by atoms with Gasteiger partial charge in [0, 0.05) is 17.5 Å². The third kappa shape index (κ3) is 3.08. The van der Waals surface area contributed by atoms with Gasteiger partial charge in [-0.1, -0.05) is 22.9 Å². The fraction of sp³-hybridized carbons (Fsp3) is 0.400. The highest BCUT2D eigenvalue weighted by Gasteiger charge is 2.07. The Balaban J connectivity index is 2.87. The Morgan fingerprint density at radius 1 is 1.46 bits per heavy atom. The monoisotopic (exact) mass is 246 g/mol. The van der Waals surface area contributed by atoms with Crippen LogP contribution in [0, 0.1) is 5.82 Å². The molecule has 0 aliphatic carbocycles. The Labute approximate surface area is 86.0 Å². The van der Waals surface area contributed by atoms with Gasteiger partial charge in [0.2, 0.25) is 0 Å². The predicted molar refractivity (Wildman–Crippen MR) is 54.4 cm³/mol. The third-order valence-electron chi connectivity index (χ3n) is 1.87. The summed E-state index contributed by atoms with van der Waals surface area (Å²) in [6.07, 6.45) is 0. The molecule has 0 saturated heterocycles. The van der Waals surface area contributed by atoms with Crippen LogP contribution in [0.25, 0.3) is 0 Å². The van der Waals surface area contributed by atoms with Crippen molar-refractivity contribution in [1.82, 2.24) is 0 Å². The SMILES string of the molecule is COCC(C)c1cc(F)cc(Br)c1. The molecular weight excluding hydrogens is 235 g/mol. The van der Waals surface area contributed by atoms with Crippen LogP contribution < -0.4 is 0 Å². The summed E-state index contributed by atoms with van der Waals surface area (Å²) in [6, 6.07) is 4.89. The maximum absolute atomic E-state index is 13.0. The first-order valence-corrected chi connectivity index (χ1v) is 4.87. The lowest BCUT2D eigenvalue weighted by molar-refractivity contribution is 0.184. The van der Waals surface area contributed by atoms with Gasteiger partial charge < -0.3 is 4.74 Å². The highest BCUT2D eigenvalue weighted by Crippen LogP contribution is 2.21. The zero-order valence-corrected chi connectivity index (χ0v) is 9.27. The fourth-order valence-electron chi connectivity index (χ4n) is 1.21. The smallest absolute Gasteiger partial charge is 0.124 e. The largest absolute Gasteiger partial charge is 0.384 e. The number of methoxy groups -OCH3 is 1. The second-order valence-electron chi connectivity index (χ2n) is 3.06. The van der Waals surface area contributed by atoms with Gasteiger partial charge in [-0.05, 0) is 23.8 Å². The van der Waals surface area contributed by atoms with E-state index < -0.39 is 0 Å². The Hall–Kier alpha value is -0.410. The van der Waals surface area contributed by atoms with Gasteiger partial charge in [0.1, 0.15) is 5.82 Å². The van der Waals surface area contributed by atoms with Crippen molar-refractivity contribution in [2.24, 2.45) is 0 Å². The molecule has 1 rings (SSSR count). The number of halogens is 2. The second kappa shape index (κ2) is 4.72. The second-order valence-corrected chi connectivity index (χ2v) is 3.97. The highest BCUT2D eigenvalue weighted by atomic mass is 79.9. The molecule has 0 fully saturated rings. The summed E-state index contributed by atoms with van der Waals surface area (Å²) in [5, 5.41) is 0. The number of benzene rings is 1. The molecule has 0 amide bonds. The van der Waals surface area contributed by atoms with Crippen LogP contribution in [0.5, 0.6) is 0 Å². The standard InChI is InChI=1S/C10H12BrFO/c1-7(6-13-2)8-3-9(11)5-10(12)4-8/h3-5,7H,6H2,1-2H3. The molecule has 0 aromatic heterocycles. The quantitative estimate of drug-likeness (QED) is 0.795. The summed E-state index contributed by atoms with van der Waals surface area (Å²) in [4.78, 5) is 0. The van der Waals surface area contributed by atoms with Gasteiger partial charge in [0.05, 0.1) is 6.61 Å². The maximum atomic E-state index is 13.0. The van der Waals surface area contributed by atoms with Gasteiger partial charge in [0.15, 0.2) is 0 Å². The molecule has 1 atom stereocenters. The number of hydrogen-bond donors (Lipinski definition) is 0. The van der Waals surface area contributed by atoms with E-state index in [1.165, 1.54) is 12.1 Å². The van der Waals surface area contributed by atoms with E-state index >= 15 is 0 Å². The molecule has 0 saturated carbocycles. The Bertz CT molecular complexity index is 268. The van der Waals surface area contributed by atoms with Crippen LogP contribution in [0.4, 0.5) is 4.39 Å². The summed E-state index contributed by atoms with van der Waals surface area (Å²) in [5.41, 5.74) is 0.953. The average molecular weight is 247 g/mol. The van der Waals surface area contributed by atoms with Crippen LogP contribution >= 0.6 is 15.9 Å². The van der Waals surface area contributed by atoms with Crippen molar-refractivity contribution in [2.45, 2.75) is 12.8 Å². The van der Waals surface area contributed by atoms with Crippen molar-refractivity contribution in [3.63, 3.8) is 0 Å². The average Bonchev–Trinajstić information content (AvgIpc) is 2.03. The molecule has 3 heteroatoms. The minimum atomic E-state index is -0.215. The molecule has 0 aliphatic heterocycles. The molecule has 1 unspecified atom stereocenters. The molecule has 72 valence electrons. The highest BCUT2D eigenvalue weighted by molar-refractivity contribution is 9.10. The van der Waals surface area contributed by atoms with Gasteiger partial charge in [-0.15, -0.1) is 0 Å². The van der Waals surface area contributed by atoms with E-state index in [0.717, 1.165) is 10.0 Å². The molecular formula is C10H12BrFO. The van der Waals surface area contributed by atoms with E-state index in [0.29, 0.717) is 6.61 Å². The molecule has 1 aromatic carbocycles. The van der Waals surface area contributed by atoms with E-state index in [1.54, 1.807) is 7.11 Å². The van der Waals surface area contributed by atoms with Crippen molar-refractivity contribution < 1.29 is 9.13 Å². The van der Waals surface area contributed by atoms with Gasteiger partial charge in [0.25, 0.3) is 0 Å². The number of ether oxygens (including phenoxy) is 1. The van der Waals surface area contributed by atoms with Gasteiger partial charge in [-0.3, -0.25) is 0 Å². The predicted octanol–water partition coefficient (Wildman–Crippen LogP) is 3.34. The summed E-state index contributed by atoms with van der Waals surface area (Å²) in [6.45, 7) is 2.61. The van der Waals surface area contributed by atoms with Gasteiger partial charge >= 0.3 is 0 Å². The molecule has 1 nitrogen and oxygen atoms in total. The number of hydrogen-bond acceptors (Lipinski definition) is 1. The normalized spacial score (nSPS) is 12.9. The van der Waals surface area contributed by atoms with Crippen LogP contribution in [0.15, 0.2) is 22.7 Å². The molecule has 0 bridgehead atoms. The zero-order chi connectivity index (χ0) is 9.84. The first-order valence-electron chi connectivity index (χ1n) is 4.08. The van der Waals surface area contributed by atoms with Crippen molar-refractivity contribution in [3.8, 4) is 0 Å². The lowest BCUT2D eigenvalue weighted by Gasteiger charge is -2.10. The first kappa shape index (κ1) is 10.7. The minimum Gasteiger partial charge on any atom is -0.384 e. The van der Waals surface area contributed by atoms with Crippen LogP contribution in [0.3, 0.4) is 0 Å². The van der Waals surface area contributed by atoms with Crippen LogP contribution in [-0.4, -0.2) is 13.7 Å². The van der Waals surface area contributed by atoms with Crippen LogP contribution in [0.2, 0.25) is 0 Å². The van der Waals surface area contributed by atoms with Gasteiger partial charge in [-0.2, -0.15) is 0 Å². The van der Waals surface area contributed by atoms with Crippen molar-refractivity contribution in [1.29, 1.82) is 0 Å². The minimum absolute atomic E-state index is 0.215. The third-order valence-corrected chi connectivity index (χ3v) is 2.33. The fourth-order valence-corrected chi connectivity index (χ4v) is 1.69. The van der Waals surface area contributed by atoms with Crippen molar-refractivity contribution in [3.05, 3.63) is 34.1 Å². The lowest BCUT2D eigenvalue weighted by atomic mass is 10.0. The number of rotatable bonds is 3. The van der Waals surface area contributed by atoms with E-state index in [9.17, 15) is 4.39 Å². The van der Waals surface area contributed by atoms with E-state index in [1.807, 2.05) is 13.0 Å². The Morgan fingerprint density at radius 2 is 2.15 bits per heavy atom. The zero-order valence-electron chi connectivity index (χ0n) is 7.68. The Morgan fingerprint density at radius 3 is 2.69 bits per heavy atom. The van der Waals surface area contributed by atoms with Crippen LogP contribution in [0.1, 0.15) is 18.4 Å². The molecule has 0 spiro atoms. The Kier molecular flexibility index (Phi) is 3.88. The molecule has 0 radical (unpaired) electrons. The van der Waals surface area contributed by atoms with Crippen molar-refractivity contribution >= 4 is 15.9 Å². The summed E-state index contributed by atoms with van der Waals surface area (Å²) in [7, 11) is 1.64. The summed E-state index contributed by atoms with van der Waals surface area (Å²) < 4.78 is 18.7. The topological polar surface area (TPSA) is 9.23 Å². The molecule has 1 aromatic rings. The van der Waals surface area contributed by atoms with Gasteiger partial charge in [-0.25, -0.2) is 4.39 Å². The summed E-state index contributed by atoms with van der Waals surface area (Å²) in [5.74, 6) is 0.00401. The molecule has 0 aliphatic rings. The summed E-state index contributed by atoms with van der Waals surface area (Å²) >= 11 is 3.25. The first-order chi connectivity index (χ1) is 6.13. The lowest BCUT2D eigenvalue weighted by Crippen LogP contribution is -2.02. The van der Waals surface area contributed by atoms with E-state index in [2.05, 4.69) is 15.9 Å². The molecule has 0 heterocycles. The molecule has 13 heavy (non-hydrogen) atoms. The maximum Gasteiger partial charge on any atom is 0.124 e. The van der Waals surface area contributed by atoms with E-state index in [4.69, 9.17) is 4.74 Å². The molecule has 0 N–H and O–H groups in total.